The number of aliphatic hydroxyl groups excluding tert-OH is 1. The number of phenolic OH excluding ortho intramolecular Hbond substituents is 1. The van der Waals surface area contributed by atoms with Crippen LogP contribution in [-0.2, 0) is 10.8 Å². The van der Waals surface area contributed by atoms with Gasteiger partial charge in [-0.2, -0.15) is 0 Å². The molecule has 41 heavy (non-hydrogen) atoms. The van der Waals surface area contributed by atoms with Crippen molar-refractivity contribution in [1.29, 1.82) is 0 Å². The minimum absolute atomic E-state index is 0.128. The molecule has 0 heterocycles. The molecule has 3 heteroatoms. The van der Waals surface area contributed by atoms with Crippen LogP contribution in [0.5, 0.6) is 5.75 Å². The molecule has 0 fully saturated rings. The van der Waals surface area contributed by atoms with Gasteiger partial charge in [0.25, 0.3) is 0 Å². The second-order valence-corrected chi connectivity index (χ2v) is 19.1. The smallest absolute Gasteiger partial charge is 0.123 e. The summed E-state index contributed by atoms with van der Waals surface area (Å²) in [4.78, 5) is 0. The number of allylic oxidation sites excluding steroid dienone is 1. The lowest BCUT2D eigenvalue weighted by atomic mass is 9.47. The number of aromatic hydroxyl groups is 1. The second-order valence-electron chi connectivity index (χ2n) is 19.1. The van der Waals surface area contributed by atoms with Gasteiger partial charge in [0.2, 0.25) is 0 Å². The van der Waals surface area contributed by atoms with Gasteiger partial charge in [-0.3, -0.25) is 0 Å². The molecule has 3 nitrogen and oxygen atoms in total. The molecule has 1 aliphatic rings. The van der Waals surface area contributed by atoms with Gasteiger partial charge in [0.05, 0.1) is 5.60 Å². The quantitative estimate of drug-likeness (QED) is 0.332. The van der Waals surface area contributed by atoms with E-state index in [9.17, 15) is 15.3 Å². The van der Waals surface area contributed by atoms with E-state index in [0.717, 1.165) is 33.4 Å². The Labute approximate surface area is 253 Å². The number of hydrogen-bond donors (Lipinski definition) is 3. The molecule has 3 atom stereocenters. The van der Waals surface area contributed by atoms with Gasteiger partial charge in [0.1, 0.15) is 11.5 Å². The van der Waals surface area contributed by atoms with Gasteiger partial charge in [0.15, 0.2) is 0 Å². The average Bonchev–Trinajstić information content (AvgIpc) is 2.69. The standard InChI is InChI=1S/C38H64O3/c1-22(24-20-23(32(2,3)4)21-25(28(24)39)33(5,6)7)26-29(40)27(34(8,9)10)31(36(14,15)16)38(41,37(17,18)19)30(26)35(11,12)13/h20-22,30,39-41H,1-19H3. The molecule has 1 aromatic rings. The van der Waals surface area contributed by atoms with Crippen LogP contribution in [0, 0.1) is 27.6 Å². The zero-order valence-electron chi connectivity index (χ0n) is 30.2. The molecule has 0 aromatic heterocycles. The molecule has 0 amide bonds. The number of benzene rings is 1. The lowest BCUT2D eigenvalue weighted by Gasteiger charge is -2.59. The predicted molar refractivity (Wildman–Crippen MR) is 177 cm³/mol. The molecule has 0 bridgehead atoms. The number of hydrogen-bond acceptors (Lipinski definition) is 3. The summed E-state index contributed by atoms with van der Waals surface area (Å²) in [5, 5.41) is 37.8. The van der Waals surface area contributed by atoms with Crippen LogP contribution in [0.4, 0.5) is 0 Å². The zero-order chi connectivity index (χ0) is 32.7. The van der Waals surface area contributed by atoms with Crippen molar-refractivity contribution in [3.8, 4) is 5.75 Å². The molecule has 0 spiro atoms. The van der Waals surface area contributed by atoms with Gasteiger partial charge in [-0.25, -0.2) is 0 Å². The van der Waals surface area contributed by atoms with Crippen LogP contribution in [0.1, 0.15) is 154 Å². The first-order valence-corrected chi connectivity index (χ1v) is 15.6. The highest BCUT2D eigenvalue weighted by molar-refractivity contribution is 5.58. The topological polar surface area (TPSA) is 60.7 Å². The molecule has 1 aromatic carbocycles. The van der Waals surface area contributed by atoms with E-state index < -0.39 is 33.2 Å². The Kier molecular flexibility index (Phi) is 8.80. The molecule has 0 saturated heterocycles. The molecule has 234 valence electrons. The number of rotatable bonds is 2. The molecule has 0 aliphatic heterocycles. The first-order chi connectivity index (χ1) is 17.8. The van der Waals surface area contributed by atoms with Crippen molar-refractivity contribution in [2.45, 2.75) is 154 Å². The van der Waals surface area contributed by atoms with Gasteiger partial charge in [-0.1, -0.05) is 144 Å². The van der Waals surface area contributed by atoms with E-state index in [1.807, 2.05) is 0 Å². The van der Waals surface area contributed by atoms with Crippen molar-refractivity contribution in [3.05, 3.63) is 51.3 Å². The summed E-state index contributed by atoms with van der Waals surface area (Å²) in [6.45, 7) is 40.8. The monoisotopic (exact) mass is 568 g/mol. The highest BCUT2D eigenvalue weighted by Crippen LogP contribution is 2.64. The Bertz CT molecular complexity index is 1220. The average molecular weight is 569 g/mol. The Morgan fingerprint density at radius 3 is 1.44 bits per heavy atom. The number of aliphatic hydroxyl groups is 2. The molecule has 2 rings (SSSR count). The molecular formula is C38H64O3. The third-order valence-electron chi connectivity index (χ3n) is 9.13. The van der Waals surface area contributed by atoms with Gasteiger partial charge < -0.3 is 15.3 Å². The van der Waals surface area contributed by atoms with Crippen molar-refractivity contribution in [2.24, 2.45) is 27.6 Å². The highest BCUT2D eigenvalue weighted by Gasteiger charge is 2.61. The number of phenols is 1. The molecule has 3 unspecified atom stereocenters. The van der Waals surface area contributed by atoms with Gasteiger partial charge in [-0.05, 0) is 54.8 Å². The molecular weight excluding hydrogens is 504 g/mol. The maximum Gasteiger partial charge on any atom is 0.123 e. The SMILES string of the molecule is CC(C1=C(O)C(C(C)(C)C)=C(C(C)(C)C)C(O)(C(C)(C)C)C1C(C)(C)C)c1cc(C(C)(C)C)cc(C(C)(C)C)c1O. The Hall–Kier alpha value is -1.74. The van der Waals surface area contributed by atoms with Crippen LogP contribution in [0.2, 0.25) is 0 Å². The largest absolute Gasteiger partial charge is 0.508 e. The van der Waals surface area contributed by atoms with Crippen molar-refractivity contribution in [1.82, 2.24) is 0 Å². The van der Waals surface area contributed by atoms with Crippen molar-refractivity contribution in [2.75, 3.05) is 0 Å². The van der Waals surface area contributed by atoms with Gasteiger partial charge >= 0.3 is 0 Å². The van der Waals surface area contributed by atoms with E-state index >= 15 is 0 Å². The molecule has 3 N–H and O–H groups in total. The maximum atomic E-state index is 13.4. The summed E-state index contributed by atoms with van der Waals surface area (Å²) in [6, 6.07) is 4.27. The van der Waals surface area contributed by atoms with Crippen LogP contribution < -0.4 is 0 Å². The zero-order valence-corrected chi connectivity index (χ0v) is 30.2. The summed E-state index contributed by atoms with van der Waals surface area (Å²) in [5.74, 6) is -0.175. The van der Waals surface area contributed by atoms with E-state index in [0.29, 0.717) is 0 Å². The summed E-state index contributed by atoms with van der Waals surface area (Å²) in [6.07, 6.45) is 0. The molecule has 0 radical (unpaired) electrons. The fraction of sp³-hybridized carbons (Fsp3) is 0.737. The van der Waals surface area contributed by atoms with Crippen LogP contribution in [0.25, 0.3) is 0 Å². The van der Waals surface area contributed by atoms with E-state index in [1.54, 1.807) is 0 Å². The second kappa shape index (κ2) is 10.2. The van der Waals surface area contributed by atoms with Crippen LogP contribution in [0.15, 0.2) is 34.6 Å². The third kappa shape index (κ3) is 6.31. The fourth-order valence-corrected chi connectivity index (χ4v) is 7.15. The predicted octanol–water partition coefficient (Wildman–Crippen LogP) is 10.7. The first kappa shape index (κ1) is 35.5. The lowest BCUT2D eigenvalue weighted by Crippen LogP contribution is -2.60. The summed E-state index contributed by atoms with van der Waals surface area (Å²) < 4.78 is 0. The minimum Gasteiger partial charge on any atom is -0.508 e. The molecule has 0 saturated carbocycles. The Morgan fingerprint density at radius 1 is 0.659 bits per heavy atom. The third-order valence-corrected chi connectivity index (χ3v) is 9.13. The van der Waals surface area contributed by atoms with Gasteiger partial charge in [0, 0.05) is 23.0 Å². The minimum atomic E-state index is -1.26. The Morgan fingerprint density at radius 2 is 1.12 bits per heavy atom. The van der Waals surface area contributed by atoms with Crippen LogP contribution >= 0.6 is 0 Å². The summed E-state index contributed by atoms with van der Waals surface area (Å²) in [5.41, 5.74) is 2.00. The normalized spacial score (nSPS) is 22.9. The molecule has 1 aliphatic carbocycles. The van der Waals surface area contributed by atoms with Gasteiger partial charge in [-0.15, -0.1) is 0 Å². The highest BCUT2D eigenvalue weighted by atomic mass is 16.3. The van der Waals surface area contributed by atoms with Crippen molar-refractivity contribution >= 4 is 0 Å². The van der Waals surface area contributed by atoms with E-state index in [2.05, 4.69) is 144 Å². The van der Waals surface area contributed by atoms with E-state index in [1.165, 1.54) is 0 Å². The van der Waals surface area contributed by atoms with E-state index in [4.69, 9.17) is 0 Å². The Balaban J connectivity index is 3.29. The fourth-order valence-electron chi connectivity index (χ4n) is 7.15. The summed E-state index contributed by atoms with van der Waals surface area (Å²) >= 11 is 0. The first-order valence-electron chi connectivity index (χ1n) is 15.6. The maximum absolute atomic E-state index is 13.4. The van der Waals surface area contributed by atoms with Crippen molar-refractivity contribution in [3.63, 3.8) is 0 Å². The summed E-state index contributed by atoms with van der Waals surface area (Å²) in [7, 11) is 0. The van der Waals surface area contributed by atoms with Crippen LogP contribution in [-0.4, -0.2) is 20.9 Å². The van der Waals surface area contributed by atoms with Crippen LogP contribution in [0.3, 0.4) is 0 Å². The lowest BCUT2D eigenvalue weighted by molar-refractivity contribution is -0.110. The van der Waals surface area contributed by atoms with E-state index in [-0.39, 0.29) is 28.3 Å². The van der Waals surface area contributed by atoms with Crippen molar-refractivity contribution < 1.29 is 15.3 Å².